The number of aliphatic hydroxyl groups is 4. The van der Waals surface area contributed by atoms with Crippen molar-refractivity contribution < 1.29 is 20.4 Å². The minimum atomic E-state index is -0.416. The van der Waals surface area contributed by atoms with E-state index in [0.717, 1.165) is 32.1 Å². The zero-order valence-corrected chi connectivity index (χ0v) is 20.8. The highest BCUT2D eigenvalue weighted by Crippen LogP contribution is 2.65. The molecule has 0 radical (unpaired) electrons. The maximum atomic E-state index is 11.3. The van der Waals surface area contributed by atoms with Crippen molar-refractivity contribution >= 4 is 0 Å². The molecule has 0 aromatic heterocycles. The molecule has 11 unspecified atom stereocenters. The van der Waals surface area contributed by atoms with Gasteiger partial charge < -0.3 is 20.4 Å². The third kappa shape index (κ3) is 3.83. The summed E-state index contributed by atoms with van der Waals surface area (Å²) in [5.74, 6) is 1.93. The van der Waals surface area contributed by atoms with Crippen LogP contribution in [0.4, 0.5) is 0 Å². The molecule has 182 valence electrons. The SMILES string of the molecule is CC(C=CC(C)C1CC(O)C2=C3CC(O)C4CC(O)CCC4(C)C3CCC21C)C(C)CO. The van der Waals surface area contributed by atoms with Crippen LogP contribution in [-0.2, 0) is 0 Å². The molecular formula is C28H46O4. The van der Waals surface area contributed by atoms with E-state index in [1.807, 2.05) is 0 Å². The number of allylic oxidation sites excluding steroid dienone is 2. The second-order valence-electron chi connectivity index (χ2n) is 12.4. The molecule has 4 rings (SSSR count). The molecule has 4 aliphatic carbocycles. The number of rotatable bonds is 5. The van der Waals surface area contributed by atoms with Crippen molar-refractivity contribution in [2.45, 2.75) is 97.9 Å². The molecule has 0 amide bonds. The number of hydrogen-bond acceptors (Lipinski definition) is 4. The molecule has 32 heavy (non-hydrogen) atoms. The molecule has 3 saturated carbocycles. The molecule has 0 aromatic rings. The Labute approximate surface area is 194 Å². The Hall–Kier alpha value is -0.680. The van der Waals surface area contributed by atoms with Gasteiger partial charge in [-0.15, -0.1) is 0 Å². The maximum absolute atomic E-state index is 11.3. The van der Waals surface area contributed by atoms with E-state index in [1.54, 1.807) is 0 Å². The fraction of sp³-hybridized carbons (Fsp3) is 0.857. The van der Waals surface area contributed by atoms with Gasteiger partial charge in [0.2, 0.25) is 0 Å². The van der Waals surface area contributed by atoms with E-state index in [1.165, 1.54) is 11.1 Å². The third-order valence-electron chi connectivity index (χ3n) is 10.6. The first-order chi connectivity index (χ1) is 15.0. The summed E-state index contributed by atoms with van der Waals surface area (Å²) in [6.07, 6.45) is 9.66. The van der Waals surface area contributed by atoms with Gasteiger partial charge in [0.05, 0.1) is 18.3 Å². The predicted molar refractivity (Wildman–Crippen MR) is 128 cm³/mol. The van der Waals surface area contributed by atoms with Crippen molar-refractivity contribution in [2.24, 2.45) is 46.3 Å². The molecular weight excluding hydrogens is 400 g/mol. The molecule has 0 aliphatic heterocycles. The zero-order valence-electron chi connectivity index (χ0n) is 20.8. The molecule has 4 aliphatic rings. The van der Waals surface area contributed by atoms with Gasteiger partial charge in [-0.05, 0) is 96.9 Å². The number of aliphatic hydroxyl groups excluding tert-OH is 4. The van der Waals surface area contributed by atoms with Crippen LogP contribution in [0.2, 0.25) is 0 Å². The van der Waals surface area contributed by atoms with Crippen LogP contribution in [0, 0.1) is 46.3 Å². The summed E-state index contributed by atoms with van der Waals surface area (Å²) in [5.41, 5.74) is 2.62. The molecule has 0 bridgehead atoms. The lowest BCUT2D eigenvalue weighted by Gasteiger charge is -2.58. The summed E-state index contributed by atoms with van der Waals surface area (Å²) >= 11 is 0. The summed E-state index contributed by atoms with van der Waals surface area (Å²) < 4.78 is 0. The molecule has 0 aromatic carbocycles. The highest BCUT2D eigenvalue weighted by atomic mass is 16.3. The van der Waals surface area contributed by atoms with E-state index < -0.39 is 12.2 Å². The second-order valence-corrected chi connectivity index (χ2v) is 12.4. The van der Waals surface area contributed by atoms with Crippen LogP contribution < -0.4 is 0 Å². The topological polar surface area (TPSA) is 80.9 Å². The Balaban J connectivity index is 1.63. The summed E-state index contributed by atoms with van der Waals surface area (Å²) in [6.45, 7) is 11.4. The van der Waals surface area contributed by atoms with Gasteiger partial charge >= 0.3 is 0 Å². The van der Waals surface area contributed by atoms with Crippen molar-refractivity contribution in [1.82, 2.24) is 0 Å². The fourth-order valence-corrected chi connectivity index (χ4v) is 8.26. The second kappa shape index (κ2) is 8.83. The fourth-order valence-electron chi connectivity index (χ4n) is 8.26. The van der Waals surface area contributed by atoms with Gasteiger partial charge in [0.1, 0.15) is 0 Å². The van der Waals surface area contributed by atoms with Gasteiger partial charge in [-0.25, -0.2) is 0 Å². The number of fused-ring (bicyclic) bond motifs is 4. The van der Waals surface area contributed by atoms with E-state index in [0.29, 0.717) is 36.5 Å². The van der Waals surface area contributed by atoms with Crippen molar-refractivity contribution in [3.8, 4) is 0 Å². The Morgan fingerprint density at radius 3 is 2.41 bits per heavy atom. The average Bonchev–Trinajstić information content (AvgIpc) is 3.03. The molecule has 0 heterocycles. The molecule has 0 spiro atoms. The lowest BCUT2D eigenvalue weighted by molar-refractivity contribution is -0.0965. The minimum Gasteiger partial charge on any atom is -0.396 e. The Morgan fingerprint density at radius 2 is 1.72 bits per heavy atom. The molecule has 3 fully saturated rings. The lowest BCUT2D eigenvalue weighted by atomic mass is 9.48. The summed E-state index contributed by atoms with van der Waals surface area (Å²) in [6, 6.07) is 0. The minimum absolute atomic E-state index is 0.0159. The van der Waals surface area contributed by atoms with Crippen molar-refractivity contribution in [3.63, 3.8) is 0 Å². The van der Waals surface area contributed by atoms with Crippen LogP contribution in [0.15, 0.2) is 23.3 Å². The smallest absolute Gasteiger partial charge is 0.0761 e. The third-order valence-corrected chi connectivity index (χ3v) is 10.6. The van der Waals surface area contributed by atoms with Crippen molar-refractivity contribution in [2.75, 3.05) is 6.61 Å². The first-order valence-electron chi connectivity index (χ1n) is 13.1. The molecule has 0 saturated heterocycles. The standard InChI is InChI=1S/C28H46O4/c1-16(18(3)15-29)6-7-17(2)22-14-25(32)26-20-13-24(31)23-12-19(30)8-10-27(23,4)21(20)9-11-28(22,26)5/h6-7,16-19,21-25,29-32H,8-15H2,1-5H3. The van der Waals surface area contributed by atoms with Gasteiger partial charge in [0.15, 0.2) is 0 Å². The van der Waals surface area contributed by atoms with Crippen LogP contribution in [0.3, 0.4) is 0 Å². The normalized spacial score (nSPS) is 47.0. The van der Waals surface area contributed by atoms with Gasteiger partial charge in [-0.1, -0.05) is 52.3 Å². The molecule has 4 nitrogen and oxygen atoms in total. The van der Waals surface area contributed by atoms with E-state index in [4.69, 9.17) is 0 Å². The van der Waals surface area contributed by atoms with E-state index in [2.05, 4.69) is 46.8 Å². The van der Waals surface area contributed by atoms with Crippen LogP contribution in [0.5, 0.6) is 0 Å². The first kappa shape index (κ1) is 24.4. The van der Waals surface area contributed by atoms with Crippen molar-refractivity contribution in [3.05, 3.63) is 23.3 Å². The quantitative estimate of drug-likeness (QED) is 0.470. The highest BCUT2D eigenvalue weighted by molar-refractivity contribution is 5.38. The monoisotopic (exact) mass is 446 g/mol. The van der Waals surface area contributed by atoms with Crippen LogP contribution in [-0.4, -0.2) is 45.3 Å². The van der Waals surface area contributed by atoms with Gasteiger partial charge in [-0.3, -0.25) is 0 Å². The molecule has 11 atom stereocenters. The highest BCUT2D eigenvalue weighted by Gasteiger charge is 2.59. The van der Waals surface area contributed by atoms with Gasteiger partial charge in [0, 0.05) is 6.61 Å². The summed E-state index contributed by atoms with van der Waals surface area (Å²) in [5, 5.41) is 42.2. The van der Waals surface area contributed by atoms with E-state index >= 15 is 0 Å². The Morgan fingerprint density at radius 1 is 1.00 bits per heavy atom. The van der Waals surface area contributed by atoms with E-state index in [9.17, 15) is 20.4 Å². The Kier molecular flexibility index (Phi) is 6.75. The summed E-state index contributed by atoms with van der Waals surface area (Å²) in [4.78, 5) is 0. The zero-order chi connectivity index (χ0) is 23.4. The molecule has 4 heteroatoms. The van der Waals surface area contributed by atoms with Crippen LogP contribution >= 0.6 is 0 Å². The first-order valence-corrected chi connectivity index (χ1v) is 13.1. The Bertz CT molecular complexity index is 759. The van der Waals surface area contributed by atoms with Crippen LogP contribution in [0.1, 0.15) is 79.6 Å². The molecule has 4 N–H and O–H groups in total. The van der Waals surface area contributed by atoms with E-state index in [-0.39, 0.29) is 35.4 Å². The largest absolute Gasteiger partial charge is 0.396 e. The van der Waals surface area contributed by atoms with Crippen LogP contribution in [0.25, 0.3) is 0 Å². The maximum Gasteiger partial charge on any atom is 0.0761 e. The van der Waals surface area contributed by atoms with Gasteiger partial charge in [0.25, 0.3) is 0 Å². The number of hydrogen-bond donors (Lipinski definition) is 4. The predicted octanol–water partition coefficient (Wildman–Crippen LogP) is 4.47. The summed E-state index contributed by atoms with van der Waals surface area (Å²) in [7, 11) is 0. The van der Waals surface area contributed by atoms with Gasteiger partial charge in [-0.2, -0.15) is 0 Å². The van der Waals surface area contributed by atoms with Crippen molar-refractivity contribution in [1.29, 1.82) is 0 Å². The average molecular weight is 447 g/mol. The lowest BCUT2D eigenvalue weighted by Crippen LogP contribution is -2.53.